The molecule has 1 unspecified atom stereocenters. The van der Waals surface area contributed by atoms with E-state index in [1.54, 1.807) is 0 Å². The Morgan fingerprint density at radius 2 is 2.00 bits per heavy atom. The van der Waals surface area contributed by atoms with Crippen molar-refractivity contribution in [2.45, 2.75) is 51.5 Å². The molecular formula is C15H29N3O. The predicted molar refractivity (Wildman–Crippen MR) is 77.9 cm³/mol. The van der Waals surface area contributed by atoms with Gasteiger partial charge in [-0.05, 0) is 38.6 Å². The van der Waals surface area contributed by atoms with Gasteiger partial charge in [-0.1, -0.05) is 13.3 Å². The smallest absolute Gasteiger partial charge is 0.225 e. The van der Waals surface area contributed by atoms with Crippen molar-refractivity contribution >= 4 is 5.91 Å². The average molecular weight is 267 g/mol. The van der Waals surface area contributed by atoms with Crippen molar-refractivity contribution in [1.82, 2.24) is 9.80 Å². The van der Waals surface area contributed by atoms with E-state index in [-0.39, 0.29) is 0 Å². The van der Waals surface area contributed by atoms with Crippen LogP contribution in [0.1, 0.15) is 45.4 Å². The van der Waals surface area contributed by atoms with Gasteiger partial charge in [0.1, 0.15) is 0 Å². The molecule has 1 aliphatic carbocycles. The summed E-state index contributed by atoms with van der Waals surface area (Å²) in [5, 5.41) is 0. The van der Waals surface area contributed by atoms with Crippen LogP contribution in [0.2, 0.25) is 0 Å². The van der Waals surface area contributed by atoms with E-state index < -0.39 is 0 Å². The monoisotopic (exact) mass is 267 g/mol. The van der Waals surface area contributed by atoms with Crippen LogP contribution in [0.5, 0.6) is 0 Å². The van der Waals surface area contributed by atoms with Crippen LogP contribution in [0.25, 0.3) is 0 Å². The van der Waals surface area contributed by atoms with E-state index in [0.29, 0.717) is 17.9 Å². The molecular weight excluding hydrogens is 238 g/mol. The van der Waals surface area contributed by atoms with E-state index in [0.717, 1.165) is 64.8 Å². The van der Waals surface area contributed by atoms with Crippen LogP contribution in [-0.4, -0.2) is 54.5 Å². The third-order valence-corrected chi connectivity index (χ3v) is 4.78. The van der Waals surface area contributed by atoms with E-state index in [9.17, 15) is 4.79 Å². The lowest BCUT2D eigenvalue weighted by Crippen LogP contribution is -2.42. The molecule has 1 amide bonds. The van der Waals surface area contributed by atoms with E-state index in [1.165, 1.54) is 6.42 Å². The predicted octanol–water partition coefficient (Wildman–Crippen LogP) is 1.45. The van der Waals surface area contributed by atoms with Crippen molar-refractivity contribution in [3.05, 3.63) is 0 Å². The second-order valence-corrected chi connectivity index (χ2v) is 5.98. The fraction of sp³-hybridized carbons (Fsp3) is 0.933. The summed E-state index contributed by atoms with van der Waals surface area (Å²) >= 11 is 0. The lowest BCUT2D eigenvalue weighted by atomic mass is 9.84. The Hall–Kier alpha value is -0.610. The van der Waals surface area contributed by atoms with Gasteiger partial charge >= 0.3 is 0 Å². The van der Waals surface area contributed by atoms with Crippen LogP contribution in [0, 0.1) is 5.92 Å². The molecule has 1 heterocycles. The van der Waals surface area contributed by atoms with Crippen molar-refractivity contribution in [1.29, 1.82) is 0 Å². The highest BCUT2D eigenvalue weighted by Crippen LogP contribution is 2.28. The summed E-state index contributed by atoms with van der Waals surface area (Å²) in [4.78, 5) is 16.9. The van der Waals surface area contributed by atoms with E-state index >= 15 is 0 Å². The second kappa shape index (κ2) is 7.25. The highest BCUT2D eigenvalue weighted by atomic mass is 16.2. The summed E-state index contributed by atoms with van der Waals surface area (Å²) in [6.45, 7) is 7.01. The maximum atomic E-state index is 12.3. The molecule has 19 heavy (non-hydrogen) atoms. The number of nitrogens with two attached hydrogens (primary N) is 1. The first kappa shape index (κ1) is 14.8. The quantitative estimate of drug-likeness (QED) is 0.820. The molecule has 1 saturated heterocycles. The summed E-state index contributed by atoms with van der Waals surface area (Å²) in [6.07, 6.45) is 6.82. The summed E-state index contributed by atoms with van der Waals surface area (Å²) in [5.74, 6) is 0.762. The van der Waals surface area contributed by atoms with Crippen molar-refractivity contribution in [3.8, 4) is 0 Å². The fourth-order valence-electron chi connectivity index (χ4n) is 3.27. The van der Waals surface area contributed by atoms with Crippen molar-refractivity contribution < 1.29 is 4.79 Å². The standard InChI is InChI=1S/C15H29N3O/c1-2-14(7-8-16)17-9-4-10-18(12-11-17)15(19)13-5-3-6-13/h13-14H,2-12,16H2,1H3. The van der Waals surface area contributed by atoms with Gasteiger partial charge in [0, 0.05) is 38.1 Å². The molecule has 1 saturated carbocycles. The van der Waals surface area contributed by atoms with Gasteiger partial charge in [0.25, 0.3) is 0 Å². The number of carbonyl (C=O) groups excluding carboxylic acids is 1. The van der Waals surface area contributed by atoms with Crippen molar-refractivity contribution in [2.75, 3.05) is 32.7 Å². The minimum Gasteiger partial charge on any atom is -0.341 e. The van der Waals surface area contributed by atoms with Gasteiger partial charge in [-0.25, -0.2) is 0 Å². The van der Waals surface area contributed by atoms with Crippen molar-refractivity contribution in [2.24, 2.45) is 11.7 Å². The Morgan fingerprint density at radius 3 is 2.58 bits per heavy atom. The fourth-order valence-corrected chi connectivity index (χ4v) is 3.27. The Morgan fingerprint density at radius 1 is 1.21 bits per heavy atom. The summed E-state index contributed by atoms with van der Waals surface area (Å²) in [6, 6.07) is 0.601. The van der Waals surface area contributed by atoms with Crippen LogP contribution in [-0.2, 0) is 4.79 Å². The van der Waals surface area contributed by atoms with Crippen LogP contribution < -0.4 is 5.73 Å². The van der Waals surface area contributed by atoms with E-state index in [2.05, 4.69) is 16.7 Å². The van der Waals surface area contributed by atoms with Gasteiger partial charge in [0.2, 0.25) is 5.91 Å². The third-order valence-electron chi connectivity index (χ3n) is 4.78. The first-order valence-corrected chi connectivity index (χ1v) is 7.99. The molecule has 0 radical (unpaired) electrons. The molecule has 110 valence electrons. The first-order valence-electron chi connectivity index (χ1n) is 7.99. The Balaban J connectivity index is 1.84. The molecule has 0 spiro atoms. The molecule has 4 heteroatoms. The molecule has 0 aromatic rings. The number of nitrogens with zero attached hydrogens (tertiary/aromatic N) is 2. The number of carbonyl (C=O) groups is 1. The second-order valence-electron chi connectivity index (χ2n) is 5.98. The third kappa shape index (κ3) is 3.69. The number of rotatable bonds is 5. The summed E-state index contributed by atoms with van der Waals surface area (Å²) in [5.41, 5.74) is 5.70. The molecule has 0 aromatic carbocycles. The molecule has 2 rings (SSSR count). The summed E-state index contributed by atoms with van der Waals surface area (Å²) in [7, 11) is 0. The Bertz CT molecular complexity index is 291. The molecule has 2 N–H and O–H groups in total. The van der Waals surface area contributed by atoms with Gasteiger partial charge in [0.05, 0.1) is 0 Å². The largest absolute Gasteiger partial charge is 0.341 e. The van der Waals surface area contributed by atoms with Gasteiger partial charge in [-0.3, -0.25) is 9.69 Å². The molecule has 2 aliphatic rings. The van der Waals surface area contributed by atoms with Gasteiger partial charge < -0.3 is 10.6 Å². The molecule has 0 aromatic heterocycles. The van der Waals surface area contributed by atoms with E-state index in [4.69, 9.17) is 5.73 Å². The maximum absolute atomic E-state index is 12.3. The van der Waals surface area contributed by atoms with Crippen LogP contribution in [0.15, 0.2) is 0 Å². The van der Waals surface area contributed by atoms with Gasteiger partial charge in [-0.2, -0.15) is 0 Å². The molecule has 0 bridgehead atoms. The minimum atomic E-state index is 0.345. The molecule has 2 fully saturated rings. The highest BCUT2D eigenvalue weighted by molar-refractivity contribution is 5.79. The van der Waals surface area contributed by atoms with Crippen LogP contribution >= 0.6 is 0 Å². The lowest BCUT2D eigenvalue weighted by Gasteiger charge is -2.32. The number of amides is 1. The highest BCUT2D eigenvalue weighted by Gasteiger charge is 2.30. The normalized spacial score (nSPS) is 23.8. The van der Waals surface area contributed by atoms with Gasteiger partial charge in [-0.15, -0.1) is 0 Å². The Labute approximate surface area is 117 Å². The Kier molecular flexibility index (Phi) is 5.64. The number of hydrogen-bond acceptors (Lipinski definition) is 3. The first-order chi connectivity index (χ1) is 9.26. The minimum absolute atomic E-state index is 0.345. The van der Waals surface area contributed by atoms with Crippen molar-refractivity contribution in [3.63, 3.8) is 0 Å². The molecule has 4 nitrogen and oxygen atoms in total. The molecule has 1 aliphatic heterocycles. The SMILES string of the molecule is CCC(CCN)N1CCCN(C(=O)C2CCC2)CC1. The number of hydrogen-bond donors (Lipinski definition) is 1. The van der Waals surface area contributed by atoms with Crippen LogP contribution in [0.3, 0.4) is 0 Å². The van der Waals surface area contributed by atoms with Gasteiger partial charge in [0.15, 0.2) is 0 Å². The summed E-state index contributed by atoms with van der Waals surface area (Å²) < 4.78 is 0. The molecule has 1 atom stereocenters. The zero-order chi connectivity index (χ0) is 13.7. The lowest BCUT2D eigenvalue weighted by molar-refractivity contribution is -0.138. The van der Waals surface area contributed by atoms with Crippen LogP contribution in [0.4, 0.5) is 0 Å². The maximum Gasteiger partial charge on any atom is 0.225 e. The van der Waals surface area contributed by atoms with E-state index in [1.807, 2.05) is 0 Å². The average Bonchev–Trinajstić information content (AvgIpc) is 2.59. The topological polar surface area (TPSA) is 49.6 Å². The zero-order valence-electron chi connectivity index (χ0n) is 12.3. The zero-order valence-corrected chi connectivity index (χ0v) is 12.3.